The molecule has 1 aromatic rings. The van der Waals surface area contributed by atoms with Crippen LogP contribution in [-0.4, -0.2) is 49.9 Å². The maximum atomic E-state index is 12.7. The summed E-state index contributed by atoms with van der Waals surface area (Å²) in [4.78, 5) is 14.9. The third-order valence-electron chi connectivity index (χ3n) is 5.08. The van der Waals surface area contributed by atoms with Gasteiger partial charge in [0.15, 0.2) is 9.84 Å². The molecule has 2 aliphatic heterocycles. The number of carbonyl (C=O) groups excluding carboxylic acids is 1. The molecule has 0 aromatic heterocycles. The van der Waals surface area contributed by atoms with Gasteiger partial charge in [0, 0.05) is 37.2 Å². The lowest BCUT2D eigenvalue weighted by Gasteiger charge is -2.31. The van der Waals surface area contributed by atoms with Gasteiger partial charge in [-0.05, 0) is 24.5 Å². The number of likely N-dealkylation sites (tertiary alicyclic amines) is 1. The molecular weight excluding hydrogens is 324 g/mol. The van der Waals surface area contributed by atoms with Gasteiger partial charge in [-0.3, -0.25) is 4.79 Å². The van der Waals surface area contributed by atoms with Crippen LogP contribution < -0.4 is 5.32 Å². The minimum atomic E-state index is -3.09. The van der Waals surface area contributed by atoms with E-state index < -0.39 is 15.1 Å². The van der Waals surface area contributed by atoms with Crippen molar-refractivity contribution in [3.05, 3.63) is 30.3 Å². The quantitative estimate of drug-likeness (QED) is 0.902. The number of carbonyl (C=O) groups is 1. The topological polar surface area (TPSA) is 66.5 Å². The molecule has 2 fully saturated rings. The van der Waals surface area contributed by atoms with Gasteiger partial charge in [0.2, 0.25) is 5.91 Å². The predicted octanol–water partition coefficient (Wildman–Crippen LogP) is 2.02. The van der Waals surface area contributed by atoms with Crippen molar-refractivity contribution in [2.75, 3.05) is 30.7 Å². The van der Waals surface area contributed by atoms with Crippen molar-refractivity contribution >= 4 is 21.4 Å². The van der Waals surface area contributed by atoms with Crippen molar-refractivity contribution in [1.82, 2.24) is 4.90 Å². The van der Waals surface area contributed by atoms with Crippen LogP contribution in [0.4, 0.5) is 5.69 Å². The highest BCUT2D eigenvalue weighted by atomic mass is 32.2. The summed E-state index contributed by atoms with van der Waals surface area (Å²) in [5.41, 5.74) is 0.768. The van der Waals surface area contributed by atoms with Crippen molar-refractivity contribution < 1.29 is 13.2 Å². The fraction of sp³-hybridized carbons (Fsp3) is 0.611. The Morgan fingerprint density at radius 3 is 2.62 bits per heavy atom. The van der Waals surface area contributed by atoms with Crippen LogP contribution in [0.25, 0.3) is 0 Å². The molecule has 3 atom stereocenters. The SMILES string of the molecule is CC(C)CN1C[C@H]2[C@@H](C1)S(=O)(=O)CC[C@H]2C(=O)Nc1ccccc1. The van der Waals surface area contributed by atoms with E-state index in [4.69, 9.17) is 0 Å². The fourth-order valence-electron chi connectivity index (χ4n) is 4.05. The highest BCUT2D eigenvalue weighted by Crippen LogP contribution is 2.37. The lowest BCUT2D eigenvalue weighted by atomic mass is 9.87. The summed E-state index contributed by atoms with van der Waals surface area (Å²) in [6.45, 7) is 6.43. The molecule has 2 saturated heterocycles. The molecule has 3 rings (SSSR count). The van der Waals surface area contributed by atoms with Gasteiger partial charge in [-0.15, -0.1) is 0 Å². The Morgan fingerprint density at radius 1 is 1.25 bits per heavy atom. The zero-order valence-corrected chi connectivity index (χ0v) is 15.1. The first-order valence-corrected chi connectivity index (χ1v) is 10.4. The minimum Gasteiger partial charge on any atom is -0.326 e. The third kappa shape index (κ3) is 3.64. The van der Waals surface area contributed by atoms with Gasteiger partial charge < -0.3 is 10.2 Å². The van der Waals surface area contributed by atoms with E-state index in [0.717, 1.165) is 12.2 Å². The van der Waals surface area contributed by atoms with Crippen LogP contribution in [0.5, 0.6) is 0 Å². The zero-order valence-electron chi connectivity index (χ0n) is 14.3. The Balaban J connectivity index is 1.76. The number of sulfone groups is 1. The first-order valence-electron chi connectivity index (χ1n) is 8.66. The molecule has 0 spiro atoms. The average molecular weight is 350 g/mol. The van der Waals surface area contributed by atoms with Crippen LogP contribution >= 0.6 is 0 Å². The molecule has 0 bridgehead atoms. The summed E-state index contributed by atoms with van der Waals surface area (Å²) in [5.74, 6) is 0.250. The Bertz CT molecular complexity index is 687. The van der Waals surface area contributed by atoms with Crippen molar-refractivity contribution in [3.8, 4) is 0 Å². The fourth-order valence-corrected chi connectivity index (χ4v) is 6.18. The highest BCUT2D eigenvalue weighted by Gasteiger charge is 2.50. The van der Waals surface area contributed by atoms with Crippen LogP contribution in [-0.2, 0) is 14.6 Å². The van der Waals surface area contributed by atoms with Gasteiger partial charge in [0.1, 0.15) is 0 Å². The number of anilines is 1. The summed E-state index contributed by atoms with van der Waals surface area (Å²) < 4.78 is 24.9. The number of benzene rings is 1. The number of para-hydroxylation sites is 1. The molecule has 6 heteroatoms. The maximum Gasteiger partial charge on any atom is 0.227 e. The Kier molecular flexibility index (Phi) is 4.97. The van der Waals surface area contributed by atoms with Crippen LogP contribution in [0.2, 0.25) is 0 Å². The van der Waals surface area contributed by atoms with E-state index in [1.165, 1.54) is 0 Å². The van der Waals surface area contributed by atoms with Gasteiger partial charge >= 0.3 is 0 Å². The summed E-state index contributed by atoms with van der Waals surface area (Å²) in [7, 11) is -3.09. The number of hydrogen-bond acceptors (Lipinski definition) is 4. The smallest absolute Gasteiger partial charge is 0.227 e. The first-order chi connectivity index (χ1) is 11.4. The van der Waals surface area contributed by atoms with E-state index in [-0.39, 0.29) is 23.5 Å². The monoisotopic (exact) mass is 350 g/mol. The third-order valence-corrected chi connectivity index (χ3v) is 7.30. The predicted molar refractivity (Wildman–Crippen MR) is 95.5 cm³/mol. The van der Waals surface area contributed by atoms with Gasteiger partial charge in [-0.25, -0.2) is 8.42 Å². The Morgan fingerprint density at radius 2 is 1.96 bits per heavy atom. The number of rotatable bonds is 4. The molecule has 5 nitrogen and oxygen atoms in total. The molecule has 0 aliphatic carbocycles. The molecular formula is C18H26N2O3S. The van der Waals surface area contributed by atoms with Gasteiger partial charge in [0.25, 0.3) is 0 Å². The second-order valence-corrected chi connectivity index (χ2v) is 9.77. The average Bonchev–Trinajstić information content (AvgIpc) is 2.92. The normalized spacial score (nSPS) is 29.4. The van der Waals surface area contributed by atoms with Gasteiger partial charge in [0.05, 0.1) is 11.0 Å². The van der Waals surface area contributed by atoms with E-state index in [1.807, 2.05) is 30.3 Å². The number of amides is 1. The molecule has 24 heavy (non-hydrogen) atoms. The number of fused-ring (bicyclic) bond motifs is 1. The molecule has 132 valence electrons. The molecule has 2 aliphatic rings. The molecule has 0 saturated carbocycles. The van der Waals surface area contributed by atoms with Crippen molar-refractivity contribution in [2.24, 2.45) is 17.8 Å². The van der Waals surface area contributed by atoms with E-state index in [0.29, 0.717) is 25.4 Å². The van der Waals surface area contributed by atoms with Gasteiger partial charge in [-0.2, -0.15) is 0 Å². The van der Waals surface area contributed by atoms with E-state index >= 15 is 0 Å². The second kappa shape index (κ2) is 6.84. The molecule has 1 aromatic carbocycles. The van der Waals surface area contributed by atoms with Crippen LogP contribution in [0.1, 0.15) is 20.3 Å². The van der Waals surface area contributed by atoms with Crippen LogP contribution in [0.15, 0.2) is 30.3 Å². The lowest BCUT2D eigenvalue weighted by molar-refractivity contribution is -0.121. The second-order valence-electron chi connectivity index (χ2n) is 7.43. The maximum absolute atomic E-state index is 12.7. The van der Waals surface area contributed by atoms with Crippen LogP contribution in [0.3, 0.4) is 0 Å². The summed E-state index contributed by atoms with van der Waals surface area (Å²) in [6, 6.07) is 9.37. The van der Waals surface area contributed by atoms with E-state index in [9.17, 15) is 13.2 Å². The van der Waals surface area contributed by atoms with E-state index in [1.54, 1.807) is 0 Å². The zero-order chi connectivity index (χ0) is 17.3. The molecule has 1 N–H and O–H groups in total. The van der Waals surface area contributed by atoms with Crippen molar-refractivity contribution in [1.29, 1.82) is 0 Å². The summed E-state index contributed by atoms with van der Waals surface area (Å²) in [5, 5.41) is 2.56. The molecule has 1 amide bonds. The Hall–Kier alpha value is -1.40. The number of hydrogen-bond donors (Lipinski definition) is 1. The molecule has 0 radical (unpaired) electrons. The van der Waals surface area contributed by atoms with E-state index in [2.05, 4.69) is 24.1 Å². The van der Waals surface area contributed by atoms with Gasteiger partial charge in [-0.1, -0.05) is 32.0 Å². The number of nitrogens with one attached hydrogen (secondary N) is 1. The number of nitrogens with zero attached hydrogens (tertiary/aromatic N) is 1. The largest absolute Gasteiger partial charge is 0.326 e. The standard InChI is InChI=1S/C18H26N2O3S/c1-13(2)10-20-11-16-15(8-9-24(22,23)17(16)12-20)18(21)19-14-6-4-3-5-7-14/h3-7,13,15-17H,8-12H2,1-2H3,(H,19,21)/t15-,16-,17-/m1/s1. The van der Waals surface area contributed by atoms with Crippen molar-refractivity contribution in [3.63, 3.8) is 0 Å². The highest BCUT2D eigenvalue weighted by molar-refractivity contribution is 7.92. The lowest BCUT2D eigenvalue weighted by Crippen LogP contribution is -2.45. The molecule has 0 unspecified atom stereocenters. The van der Waals surface area contributed by atoms with Crippen molar-refractivity contribution in [2.45, 2.75) is 25.5 Å². The Labute approximate surface area is 144 Å². The summed E-state index contributed by atoms with van der Waals surface area (Å²) in [6.07, 6.45) is 0.428. The van der Waals surface area contributed by atoms with Crippen LogP contribution in [0, 0.1) is 17.8 Å². The summed E-state index contributed by atoms with van der Waals surface area (Å²) >= 11 is 0. The molecule has 2 heterocycles. The first kappa shape index (κ1) is 17.4. The minimum absolute atomic E-state index is 0.0440.